The summed E-state index contributed by atoms with van der Waals surface area (Å²) in [5.74, 6) is 0. The Bertz CT molecular complexity index is 2490. The predicted molar refractivity (Wildman–Crippen MR) is 199 cm³/mol. The third-order valence-corrected chi connectivity index (χ3v) is 9.22. The third kappa shape index (κ3) is 5.68. The smallest absolute Gasteiger partial charge is 0.216 e. The van der Waals surface area contributed by atoms with Crippen LogP contribution in [0.2, 0.25) is 0 Å². The van der Waals surface area contributed by atoms with Crippen molar-refractivity contribution in [3.8, 4) is 45.0 Å². The molecule has 9 heteroatoms. The molecule has 0 spiro atoms. The van der Waals surface area contributed by atoms with Crippen LogP contribution >= 0.6 is 0 Å². The van der Waals surface area contributed by atoms with Crippen LogP contribution in [0.3, 0.4) is 0 Å². The van der Waals surface area contributed by atoms with E-state index in [4.69, 9.17) is 19.9 Å². The van der Waals surface area contributed by atoms with Gasteiger partial charge < -0.3 is 9.97 Å². The van der Waals surface area contributed by atoms with E-state index in [9.17, 15) is 0 Å². The first-order chi connectivity index (χ1) is 24.6. The summed E-state index contributed by atoms with van der Waals surface area (Å²) in [4.78, 5) is 27.8. The molecule has 0 unspecified atom stereocenters. The number of hydrogen-bond acceptors (Lipinski definition) is 4. The number of rotatable bonds is 4. The molecule has 51 heavy (non-hydrogen) atoms. The molecule has 0 aliphatic carbocycles. The van der Waals surface area contributed by atoms with E-state index in [1.54, 1.807) is 0 Å². The van der Waals surface area contributed by atoms with Crippen molar-refractivity contribution < 1.29 is 26.2 Å². The van der Waals surface area contributed by atoms with E-state index in [1.165, 1.54) is 0 Å². The average molecular weight is 704 g/mol. The first-order valence-corrected chi connectivity index (χ1v) is 16.5. The first kappa shape index (κ1) is 32.0. The second-order valence-corrected chi connectivity index (χ2v) is 12.3. The van der Waals surface area contributed by atoms with Crippen molar-refractivity contribution in [3.05, 3.63) is 145 Å². The van der Waals surface area contributed by atoms with Crippen molar-refractivity contribution >= 4 is 46.4 Å². The Morgan fingerprint density at radius 2 is 0.804 bits per heavy atom. The predicted octanol–water partition coefficient (Wildman–Crippen LogP) is 7.76. The van der Waals surface area contributed by atoms with E-state index in [-0.39, 0.29) is 17.1 Å². The molecule has 1 radical (unpaired) electrons. The monoisotopic (exact) mass is 703 g/mol. The van der Waals surface area contributed by atoms with Crippen LogP contribution in [0.15, 0.2) is 122 Å². The maximum atomic E-state index is 5.38. The summed E-state index contributed by atoms with van der Waals surface area (Å²) < 4.78 is 4.26. The number of hydrogen-bond donors (Lipinski definition) is 2. The summed E-state index contributed by atoms with van der Waals surface area (Å²) in [7, 11) is 4.13. The second kappa shape index (κ2) is 13.2. The van der Waals surface area contributed by atoms with E-state index in [0.29, 0.717) is 0 Å². The Balaban J connectivity index is 0.00000374. The van der Waals surface area contributed by atoms with Gasteiger partial charge in [-0.3, -0.25) is 9.97 Å². The van der Waals surface area contributed by atoms with Crippen LogP contribution < -0.4 is 9.13 Å². The summed E-state index contributed by atoms with van der Waals surface area (Å²) >= 11 is 0. The molecular weight excluding hydrogens is 671 g/mol. The van der Waals surface area contributed by atoms with Crippen LogP contribution in [-0.4, -0.2) is 29.9 Å². The van der Waals surface area contributed by atoms with Crippen molar-refractivity contribution in [3.63, 3.8) is 0 Å². The van der Waals surface area contributed by atoms with Crippen LogP contribution in [0.1, 0.15) is 22.8 Å². The van der Waals surface area contributed by atoms with Gasteiger partial charge in [-0.15, -0.1) is 0 Å². The Kier molecular flexibility index (Phi) is 8.28. The molecule has 0 fully saturated rings. The molecule has 2 aliphatic rings. The quantitative estimate of drug-likeness (QED) is 0.145. The fraction of sp³-hybridized carbons (Fsp3) is 0.0476. The molecule has 2 aliphatic heterocycles. The third-order valence-electron chi connectivity index (χ3n) is 9.22. The van der Waals surface area contributed by atoms with Gasteiger partial charge in [0, 0.05) is 64.9 Å². The van der Waals surface area contributed by atoms with Crippen molar-refractivity contribution in [1.82, 2.24) is 29.9 Å². The fourth-order valence-electron chi connectivity index (χ4n) is 6.87. The van der Waals surface area contributed by atoms with Gasteiger partial charge in [-0.25, -0.2) is 19.1 Å². The molecule has 0 atom stereocenters. The second-order valence-electron chi connectivity index (χ2n) is 12.3. The number of aromatic amines is 2. The molecule has 2 N–H and O–H groups in total. The van der Waals surface area contributed by atoms with E-state index in [1.807, 2.05) is 60.9 Å². The number of nitrogens with one attached hydrogen (secondary N) is 2. The molecule has 7 aromatic heterocycles. The minimum atomic E-state index is 0. The summed E-state index contributed by atoms with van der Waals surface area (Å²) in [6.07, 6.45) is 16.1. The zero-order valence-electron chi connectivity index (χ0n) is 27.9. The Morgan fingerprint density at radius 1 is 0.431 bits per heavy atom. The molecule has 7 aromatic rings. The molecule has 8 nitrogen and oxygen atoms in total. The molecule has 0 saturated heterocycles. The van der Waals surface area contributed by atoms with Gasteiger partial charge in [0.1, 0.15) is 14.1 Å². The minimum Gasteiger partial charge on any atom is -0.354 e. The van der Waals surface area contributed by atoms with Gasteiger partial charge in [0.25, 0.3) is 0 Å². The number of H-pyrrole nitrogens is 2. The maximum Gasteiger partial charge on any atom is 0.216 e. The van der Waals surface area contributed by atoms with Crippen LogP contribution in [0.25, 0.3) is 91.4 Å². The summed E-state index contributed by atoms with van der Waals surface area (Å²) in [6, 6.07) is 32.9. The Labute approximate surface area is 305 Å². The van der Waals surface area contributed by atoms with Crippen molar-refractivity contribution in [2.45, 2.75) is 0 Å². The van der Waals surface area contributed by atoms with Gasteiger partial charge in [0.2, 0.25) is 11.4 Å². The zero-order valence-corrected chi connectivity index (χ0v) is 29.1. The Morgan fingerprint density at radius 3 is 1.18 bits per heavy atom. The zero-order chi connectivity index (χ0) is 33.6. The van der Waals surface area contributed by atoms with Gasteiger partial charge in [0.15, 0.2) is 12.4 Å². The first-order valence-electron chi connectivity index (χ1n) is 16.5. The van der Waals surface area contributed by atoms with E-state index < -0.39 is 0 Å². The molecule has 9 rings (SSSR count). The molecule has 0 amide bonds. The summed E-state index contributed by atoms with van der Waals surface area (Å²) in [5, 5.41) is 0. The van der Waals surface area contributed by atoms with E-state index in [2.05, 4.69) is 118 Å². The number of aromatic nitrogens is 8. The molecule has 0 saturated carbocycles. The van der Waals surface area contributed by atoms with Gasteiger partial charge in [-0.1, -0.05) is 12.1 Å². The molecule has 8 bridgehead atoms. The van der Waals surface area contributed by atoms with E-state index >= 15 is 0 Å². The van der Waals surface area contributed by atoms with Gasteiger partial charge in [-0.2, -0.15) is 0 Å². The number of nitrogens with zero attached hydrogens (tertiary/aromatic N) is 6. The average Bonchev–Trinajstić information content (AvgIpc) is 3.98. The normalized spacial score (nSPS) is 11.8. The fourth-order valence-corrected chi connectivity index (χ4v) is 6.87. The SMILES string of the molecule is C[n+]1ccccc1-c1c2nc(c(-c3cccc[n+]3C)c3ccc([nH]3)c(-c3ccccn3)c3nc(c(-c4ccccn4)c4ccc1[nH]4)C=C3)C=C2.[Mn]. The number of aryl methyl sites for hydroxylation is 2. The number of fused-ring (bicyclic) bond motifs is 8. The van der Waals surface area contributed by atoms with Gasteiger partial charge >= 0.3 is 0 Å². The maximum absolute atomic E-state index is 5.38. The summed E-state index contributed by atoms with van der Waals surface area (Å²) in [6.45, 7) is 0. The van der Waals surface area contributed by atoms with Crippen molar-refractivity contribution in [2.75, 3.05) is 0 Å². The largest absolute Gasteiger partial charge is 0.354 e. The van der Waals surface area contributed by atoms with Crippen LogP contribution in [0.4, 0.5) is 0 Å². The Hall–Kier alpha value is -6.28. The molecule has 245 valence electrons. The molecular formula is C42H32MnN8+2. The van der Waals surface area contributed by atoms with Gasteiger partial charge in [0.05, 0.1) is 67.4 Å². The van der Waals surface area contributed by atoms with Gasteiger partial charge in [-0.05, 0) is 85.0 Å². The van der Waals surface area contributed by atoms with Crippen molar-refractivity contribution in [1.29, 1.82) is 0 Å². The molecule has 9 heterocycles. The van der Waals surface area contributed by atoms with Crippen LogP contribution in [0.5, 0.6) is 0 Å². The minimum absolute atomic E-state index is 0. The van der Waals surface area contributed by atoms with Crippen molar-refractivity contribution in [2.24, 2.45) is 14.1 Å². The van der Waals surface area contributed by atoms with Crippen LogP contribution in [-0.2, 0) is 31.2 Å². The summed E-state index contributed by atoms with van der Waals surface area (Å²) in [5.41, 5.74) is 14.5. The van der Waals surface area contributed by atoms with Crippen LogP contribution in [0, 0.1) is 0 Å². The number of pyridine rings is 4. The van der Waals surface area contributed by atoms with E-state index in [0.717, 1.165) is 89.9 Å². The topological polar surface area (TPSA) is 90.9 Å². The standard InChI is InChI=1S/C42H31N8.Mn/c1-49-25-9-5-13-37(49)41-33-19-17-31(46-33)39(27-11-3-7-23-43-27)29-15-16-30(45-29)40(28-12-4-8-24-44-28)32-18-20-34(47-32)42(36-22-21-35(41)48-36)38-14-6-10-26-50(38)2;/h3-26H,1-2H3,(H,45,46,47,48);/q+1;/p+1. The molecule has 0 aromatic carbocycles.